The second-order valence-corrected chi connectivity index (χ2v) is 5.12. The molecule has 0 saturated heterocycles. The lowest BCUT2D eigenvalue weighted by atomic mass is 10.4. The number of pyridine rings is 1. The number of hydrogen-bond donors (Lipinski definition) is 0. The summed E-state index contributed by atoms with van der Waals surface area (Å²) in [5.41, 5.74) is 1.43. The summed E-state index contributed by atoms with van der Waals surface area (Å²) in [6.07, 6.45) is 1.74. The predicted octanol–water partition coefficient (Wildman–Crippen LogP) is 2.21. The zero-order valence-electron chi connectivity index (χ0n) is 10.4. The molecule has 0 atom stereocenters. The van der Waals surface area contributed by atoms with E-state index in [0.29, 0.717) is 16.5 Å². The SMILES string of the molecule is Cc1cc(-c2nnc3sc(-c4ccccn4)nn23)no1. The normalized spacial score (nSPS) is 11.2. The first kappa shape index (κ1) is 11.2. The molecule has 0 aromatic carbocycles. The number of aromatic nitrogens is 6. The van der Waals surface area contributed by atoms with Gasteiger partial charge in [-0.2, -0.15) is 9.61 Å². The third-order valence-corrected chi connectivity index (χ3v) is 3.65. The van der Waals surface area contributed by atoms with Crippen LogP contribution in [0, 0.1) is 6.92 Å². The minimum absolute atomic E-state index is 0.565. The summed E-state index contributed by atoms with van der Waals surface area (Å²) in [7, 11) is 0. The van der Waals surface area contributed by atoms with Crippen LogP contribution in [0.15, 0.2) is 35.0 Å². The van der Waals surface area contributed by atoms with E-state index in [0.717, 1.165) is 16.5 Å². The molecule has 0 unspecified atom stereocenters. The van der Waals surface area contributed by atoms with Gasteiger partial charge in [0.25, 0.3) is 0 Å². The van der Waals surface area contributed by atoms with Crippen LogP contribution in [0.5, 0.6) is 0 Å². The molecule has 0 bridgehead atoms. The maximum atomic E-state index is 5.06. The summed E-state index contributed by atoms with van der Waals surface area (Å²) in [5, 5.41) is 17.4. The lowest BCUT2D eigenvalue weighted by Crippen LogP contribution is -1.91. The van der Waals surface area contributed by atoms with Crippen LogP contribution in [0.3, 0.4) is 0 Å². The Hall–Kier alpha value is -2.61. The van der Waals surface area contributed by atoms with E-state index in [1.54, 1.807) is 16.8 Å². The summed E-state index contributed by atoms with van der Waals surface area (Å²) < 4.78 is 6.72. The Bertz CT molecular complexity index is 878. The fourth-order valence-corrected chi connectivity index (χ4v) is 2.66. The summed E-state index contributed by atoms with van der Waals surface area (Å²) in [5.74, 6) is 1.28. The van der Waals surface area contributed by atoms with Gasteiger partial charge < -0.3 is 4.52 Å². The molecule has 0 aliphatic rings. The Morgan fingerprint density at radius 1 is 1.20 bits per heavy atom. The molecule has 4 aromatic heterocycles. The Balaban J connectivity index is 1.87. The van der Waals surface area contributed by atoms with Crippen LogP contribution in [0.1, 0.15) is 5.76 Å². The molecule has 98 valence electrons. The van der Waals surface area contributed by atoms with Gasteiger partial charge >= 0.3 is 0 Å². The van der Waals surface area contributed by atoms with Crippen molar-refractivity contribution in [1.82, 2.24) is 30.0 Å². The molecule has 0 radical (unpaired) electrons. The maximum Gasteiger partial charge on any atom is 0.235 e. The Kier molecular flexibility index (Phi) is 2.36. The van der Waals surface area contributed by atoms with Crippen molar-refractivity contribution in [1.29, 1.82) is 0 Å². The number of hydrogen-bond acceptors (Lipinski definition) is 7. The Morgan fingerprint density at radius 2 is 2.15 bits per heavy atom. The minimum atomic E-state index is 0.565. The lowest BCUT2D eigenvalue weighted by molar-refractivity contribution is 0.399. The molecule has 20 heavy (non-hydrogen) atoms. The molecule has 0 spiro atoms. The van der Waals surface area contributed by atoms with Crippen molar-refractivity contribution >= 4 is 16.3 Å². The number of aryl methyl sites for hydroxylation is 1. The predicted molar refractivity (Wildman–Crippen MR) is 72.1 cm³/mol. The van der Waals surface area contributed by atoms with E-state index >= 15 is 0 Å². The molecule has 0 fully saturated rings. The van der Waals surface area contributed by atoms with Crippen molar-refractivity contribution in [2.24, 2.45) is 0 Å². The summed E-state index contributed by atoms with van der Waals surface area (Å²) in [6, 6.07) is 7.50. The smallest absolute Gasteiger partial charge is 0.235 e. The highest BCUT2D eigenvalue weighted by Gasteiger charge is 2.17. The van der Waals surface area contributed by atoms with Gasteiger partial charge in [0.05, 0.1) is 0 Å². The third kappa shape index (κ3) is 1.69. The summed E-state index contributed by atoms with van der Waals surface area (Å²) in [6.45, 7) is 1.83. The third-order valence-electron chi connectivity index (χ3n) is 2.73. The van der Waals surface area contributed by atoms with E-state index in [-0.39, 0.29) is 0 Å². The van der Waals surface area contributed by atoms with Gasteiger partial charge in [-0.25, -0.2) is 0 Å². The van der Waals surface area contributed by atoms with Gasteiger partial charge in [0.2, 0.25) is 10.8 Å². The molecule has 0 amide bonds. The van der Waals surface area contributed by atoms with Crippen LogP contribution in [-0.2, 0) is 0 Å². The zero-order valence-corrected chi connectivity index (χ0v) is 11.2. The van der Waals surface area contributed by atoms with E-state index in [2.05, 4.69) is 25.4 Å². The highest BCUT2D eigenvalue weighted by atomic mass is 32.1. The van der Waals surface area contributed by atoms with E-state index < -0.39 is 0 Å². The van der Waals surface area contributed by atoms with E-state index in [1.807, 2.05) is 25.1 Å². The second kappa shape index (κ2) is 4.20. The fourth-order valence-electron chi connectivity index (χ4n) is 1.84. The second-order valence-electron chi connectivity index (χ2n) is 4.16. The van der Waals surface area contributed by atoms with E-state index in [9.17, 15) is 0 Å². The summed E-state index contributed by atoms with van der Waals surface area (Å²) >= 11 is 1.43. The van der Waals surface area contributed by atoms with Gasteiger partial charge in [-0.1, -0.05) is 22.6 Å². The standard InChI is InChI=1S/C12H8N6OS/c1-7-6-9(17-19-7)10-14-15-12-18(10)16-11(20-12)8-4-2-3-5-13-8/h2-6H,1H3. The first-order chi connectivity index (χ1) is 9.81. The topological polar surface area (TPSA) is 82.0 Å². The van der Waals surface area contributed by atoms with Gasteiger partial charge in [-0.3, -0.25) is 4.98 Å². The van der Waals surface area contributed by atoms with Gasteiger partial charge in [0.15, 0.2) is 10.7 Å². The van der Waals surface area contributed by atoms with Crippen LogP contribution in [0.2, 0.25) is 0 Å². The Labute approximate surface area is 116 Å². The number of fused-ring (bicyclic) bond motifs is 1. The molecule has 0 N–H and O–H groups in total. The average Bonchev–Trinajstić information content (AvgIpc) is 3.14. The molecule has 4 heterocycles. The largest absolute Gasteiger partial charge is 0.361 e. The zero-order chi connectivity index (χ0) is 13.5. The molecule has 8 heteroatoms. The van der Waals surface area contributed by atoms with Crippen LogP contribution in [-0.4, -0.2) is 30.0 Å². The highest BCUT2D eigenvalue weighted by molar-refractivity contribution is 7.19. The molecule has 0 aliphatic carbocycles. The first-order valence-corrected chi connectivity index (χ1v) is 6.70. The molecule has 0 saturated carbocycles. The molecule has 7 nitrogen and oxygen atoms in total. The van der Waals surface area contributed by atoms with Crippen molar-refractivity contribution in [3.05, 3.63) is 36.2 Å². The van der Waals surface area contributed by atoms with Crippen molar-refractivity contribution in [3.8, 4) is 22.2 Å². The van der Waals surface area contributed by atoms with E-state index in [1.165, 1.54) is 11.3 Å². The van der Waals surface area contributed by atoms with Crippen molar-refractivity contribution in [2.45, 2.75) is 6.92 Å². The first-order valence-electron chi connectivity index (χ1n) is 5.88. The Morgan fingerprint density at radius 3 is 2.90 bits per heavy atom. The van der Waals surface area contributed by atoms with Gasteiger partial charge in [0.1, 0.15) is 11.5 Å². The quantitative estimate of drug-likeness (QED) is 0.561. The number of rotatable bonds is 2. The lowest BCUT2D eigenvalue weighted by Gasteiger charge is -1.92. The minimum Gasteiger partial charge on any atom is -0.361 e. The van der Waals surface area contributed by atoms with Crippen molar-refractivity contribution in [3.63, 3.8) is 0 Å². The summed E-state index contributed by atoms with van der Waals surface area (Å²) in [4.78, 5) is 4.98. The van der Waals surface area contributed by atoms with Gasteiger partial charge in [-0.05, 0) is 19.1 Å². The molecular formula is C12H8N6OS. The van der Waals surface area contributed by atoms with Gasteiger partial charge in [-0.15, -0.1) is 10.2 Å². The molecule has 4 rings (SSSR count). The van der Waals surface area contributed by atoms with Crippen LogP contribution >= 0.6 is 11.3 Å². The monoisotopic (exact) mass is 284 g/mol. The number of nitrogens with zero attached hydrogens (tertiary/aromatic N) is 6. The molecule has 4 aromatic rings. The fraction of sp³-hybridized carbons (Fsp3) is 0.0833. The van der Waals surface area contributed by atoms with Crippen LogP contribution < -0.4 is 0 Å². The van der Waals surface area contributed by atoms with Gasteiger partial charge in [0, 0.05) is 12.3 Å². The van der Waals surface area contributed by atoms with E-state index in [4.69, 9.17) is 4.52 Å². The maximum absolute atomic E-state index is 5.06. The highest BCUT2D eigenvalue weighted by Crippen LogP contribution is 2.26. The van der Waals surface area contributed by atoms with Crippen molar-refractivity contribution < 1.29 is 4.52 Å². The van der Waals surface area contributed by atoms with Crippen LogP contribution in [0.4, 0.5) is 0 Å². The van der Waals surface area contributed by atoms with Crippen LogP contribution in [0.25, 0.3) is 27.2 Å². The molecule has 0 aliphatic heterocycles. The molecular weight excluding hydrogens is 276 g/mol. The average molecular weight is 284 g/mol. The van der Waals surface area contributed by atoms with Crippen molar-refractivity contribution in [2.75, 3.05) is 0 Å².